The first-order valence-corrected chi connectivity index (χ1v) is 13.7. The number of hydrogen-bond acceptors (Lipinski definition) is 11. The smallest absolute Gasteiger partial charge is 0.123 e. The zero-order valence-electron chi connectivity index (χ0n) is 23.1. The molecule has 1 aliphatic heterocycles. The van der Waals surface area contributed by atoms with Crippen LogP contribution in [-0.4, -0.2) is 111 Å². The Labute approximate surface area is 236 Å². The lowest BCUT2D eigenvalue weighted by Crippen LogP contribution is -2.15. The molecule has 11 heteroatoms. The van der Waals surface area contributed by atoms with E-state index in [2.05, 4.69) is 0 Å². The van der Waals surface area contributed by atoms with Gasteiger partial charge in [0.25, 0.3) is 0 Å². The molecule has 224 valence electrons. The molecule has 4 bridgehead atoms. The van der Waals surface area contributed by atoms with Crippen LogP contribution in [0.5, 0.6) is 23.0 Å². The van der Waals surface area contributed by atoms with Crippen molar-refractivity contribution in [2.75, 3.05) is 106 Å². The maximum Gasteiger partial charge on any atom is 0.123 e. The Morgan fingerprint density at radius 2 is 0.700 bits per heavy atom. The Bertz CT molecular complexity index is 848. The van der Waals surface area contributed by atoms with Crippen LogP contribution in [0.25, 0.3) is 0 Å². The average Bonchev–Trinajstić information content (AvgIpc) is 2.97. The molecule has 0 saturated heterocycles. The normalized spacial score (nSPS) is 18.8. The Hall–Kier alpha value is -2.64. The quantitative estimate of drug-likeness (QED) is 0.550. The van der Waals surface area contributed by atoms with Crippen LogP contribution in [0.4, 0.5) is 0 Å². The van der Waals surface area contributed by atoms with Crippen molar-refractivity contribution in [2.24, 2.45) is 0 Å². The molecule has 2 aromatic carbocycles. The highest BCUT2D eigenvalue weighted by Gasteiger charge is 2.04. The molecule has 0 aliphatic carbocycles. The van der Waals surface area contributed by atoms with Crippen LogP contribution in [0.15, 0.2) is 42.5 Å². The monoisotopic (exact) mass is 566 g/mol. The molecule has 0 amide bonds. The van der Waals surface area contributed by atoms with Crippen molar-refractivity contribution >= 4 is 0 Å². The van der Waals surface area contributed by atoms with Crippen LogP contribution < -0.4 is 18.9 Å². The zero-order valence-corrected chi connectivity index (χ0v) is 23.1. The van der Waals surface area contributed by atoms with Gasteiger partial charge in [0.2, 0.25) is 0 Å². The summed E-state index contributed by atoms with van der Waals surface area (Å²) in [6, 6.07) is 12.8. The van der Waals surface area contributed by atoms with E-state index in [0.29, 0.717) is 134 Å². The van der Waals surface area contributed by atoms with Crippen molar-refractivity contribution < 1.29 is 52.5 Å². The third kappa shape index (κ3) is 14.7. The molecular weight excluding hydrogens is 524 g/mol. The first-order valence-electron chi connectivity index (χ1n) is 13.7. The predicted molar refractivity (Wildman–Crippen MR) is 146 cm³/mol. The van der Waals surface area contributed by atoms with Crippen molar-refractivity contribution in [1.82, 2.24) is 0 Å². The second kappa shape index (κ2) is 21.2. The van der Waals surface area contributed by atoms with Crippen LogP contribution >= 0.6 is 0 Å². The van der Waals surface area contributed by atoms with Gasteiger partial charge in [-0.15, -0.1) is 0 Å². The van der Waals surface area contributed by atoms with Gasteiger partial charge in [-0.1, -0.05) is 6.07 Å². The highest BCUT2D eigenvalue weighted by atomic mass is 16.6. The number of benzene rings is 2. The van der Waals surface area contributed by atoms with Crippen molar-refractivity contribution in [1.29, 1.82) is 0 Å². The molecule has 2 aromatic rings. The Morgan fingerprint density at radius 1 is 0.400 bits per heavy atom. The van der Waals surface area contributed by atoms with Gasteiger partial charge in [0.05, 0.1) is 85.9 Å². The van der Waals surface area contributed by atoms with Gasteiger partial charge in [-0.05, 0) is 29.8 Å². The molecule has 0 unspecified atom stereocenters. The van der Waals surface area contributed by atoms with Crippen LogP contribution in [0.2, 0.25) is 0 Å². The molecule has 0 aromatic heterocycles. The number of hydrogen-bond donors (Lipinski definition) is 1. The number of rotatable bonds is 1. The average molecular weight is 567 g/mol. The molecule has 0 spiro atoms. The van der Waals surface area contributed by atoms with E-state index in [4.69, 9.17) is 47.4 Å². The molecule has 0 atom stereocenters. The van der Waals surface area contributed by atoms with Gasteiger partial charge in [-0.3, -0.25) is 0 Å². The van der Waals surface area contributed by atoms with Crippen LogP contribution in [-0.2, 0) is 35.0 Å². The standard InChI is InChI=1S/C29H42O11/c30-24-25-20-28-23-29(21-25)40-19-15-36-11-7-32-5-9-34-13-17-38-27-3-1-2-26(22-27)37-16-12-33-8-4-31-6-10-35-14-18-39-28/h1-3,20-23,30H,4-19,24H2. The summed E-state index contributed by atoms with van der Waals surface area (Å²) in [5.74, 6) is 2.64. The van der Waals surface area contributed by atoms with E-state index in [0.717, 1.165) is 0 Å². The second-order valence-electron chi connectivity index (χ2n) is 8.51. The minimum absolute atomic E-state index is 0.115. The third-order valence-electron chi connectivity index (χ3n) is 5.40. The molecule has 0 fully saturated rings. The number of aliphatic hydroxyl groups is 1. The molecule has 40 heavy (non-hydrogen) atoms. The fraction of sp³-hybridized carbons (Fsp3) is 0.586. The van der Waals surface area contributed by atoms with Crippen LogP contribution in [0, 0.1) is 0 Å². The van der Waals surface area contributed by atoms with E-state index in [1.807, 2.05) is 24.3 Å². The van der Waals surface area contributed by atoms with Gasteiger partial charge < -0.3 is 52.5 Å². The van der Waals surface area contributed by atoms with E-state index in [-0.39, 0.29) is 6.61 Å². The van der Waals surface area contributed by atoms with Gasteiger partial charge >= 0.3 is 0 Å². The summed E-state index contributed by atoms with van der Waals surface area (Å²) >= 11 is 0. The Balaban J connectivity index is 1.38. The first-order chi connectivity index (χ1) is 19.8. The van der Waals surface area contributed by atoms with Gasteiger partial charge in [0, 0.05) is 12.1 Å². The lowest BCUT2D eigenvalue weighted by atomic mass is 10.2. The van der Waals surface area contributed by atoms with Gasteiger partial charge in [0.1, 0.15) is 49.4 Å². The Morgan fingerprint density at radius 3 is 1.05 bits per heavy atom. The molecule has 0 radical (unpaired) electrons. The van der Waals surface area contributed by atoms with Crippen molar-refractivity contribution in [3.8, 4) is 23.0 Å². The highest BCUT2D eigenvalue weighted by Crippen LogP contribution is 2.23. The number of aliphatic hydroxyl groups excluding tert-OH is 1. The number of fused-ring (bicyclic) bond motifs is 4. The SMILES string of the molecule is OCc1cc2cc(c1)OCCOCCOCCOCCOc1cccc(c1)OCCOCCOCCOCCO2. The molecule has 1 heterocycles. The van der Waals surface area contributed by atoms with E-state index in [1.54, 1.807) is 18.2 Å². The lowest BCUT2D eigenvalue weighted by molar-refractivity contribution is 0.00433. The first kappa shape index (κ1) is 31.9. The molecule has 0 saturated carbocycles. The molecule has 3 rings (SSSR count). The van der Waals surface area contributed by atoms with Crippen molar-refractivity contribution in [3.63, 3.8) is 0 Å². The van der Waals surface area contributed by atoms with Gasteiger partial charge in [-0.2, -0.15) is 0 Å². The molecule has 1 aliphatic rings. The largest absolute Gasteiger partial charge is 0.491 e. The van der Waals surface area contributed by atoms with E-state index in [1.165, 1.54) is 0 Å². The van der Waals surface area contributed by atoms with Crippen LogP contribution in [0.1, 0.15) is 5.56 Å². The minimum Gasteiger partial charge on any atom is -0.491 e. The van der Waals surface area contributed by atoms with E-state index >= 15 is 0 Å². The lowest BCUT2D eigenvalue weighted by Gasteiger charge is -2.12. The fourth-order valence-corrected chi connectivity index (χ4v) is 3.50. The van der Waals surface area contributed by atoms with Crippen LogP contribution in [0.3, 0.4) is 0 Å². The van der Waals surface area contributed by atoms with Crippen molar-refractivity contribution in [3.05, 3.63) is 48.0 Å². The summed E-state index contributed by atoms with van der Waals surface area (Å²) in [5, 5.41) is 9.55. The summed E-state index contributed by atoms with van der Waals surface area (Å²) in [5.41, 5.74) is 0.699. The molecule has 11 nitrogen and oxygen atoms in total. The summed E-state index contributed by atoms with van der Waals surface area (Å²) in [6.07, 6.45) is 0. The zero-order chi connectivity index (χ0) is 27.9. The summed E-state index contributed by atoms with van der Waals surface area (Å²) in [6.45, 7) is 6.89. The summed E-state index contributed by atoms with van der Waals surface area (Å²) in [7, 11) is 0. The topological polar surface area (TPSA) is 113 Å². The Kier molecular flexibility index (Phi) is 16.9. The molecular formula is C29H42O11. The molecule has 1 N–H and O–H groups in total. The summed E-state index contributed by atoms with van der Waals surface area (Å²) < 4.78 is 56.3. The second-order valence-corrected chi connectivity index (χ2v) is 8.51. The van der Waals surface area contributed by atoms with Gasteiger partial charge in [0.15, 0.2) is 0 Å². The third-order valence-corrected chi connectivity index (χ3v) is 5.40. The van der Waals surface area contributed by atoms with Crippen molar-refractivity contribution in [2.45, 2.75) is 6.61 Å². The maximum absolute atomic E-state index is 9.55. The highest BCUT2D eigenvalue weighted by molar-refractivity contribution is 5.38. The number of ether oxygens (including phenoxy) is 10. The van der Waals surface area contributed by atoms with E-state index < -0.39 is 0 Å². The van der Waals surface area contributed by atoms with E-state index in [9.17, 15) is 5.11 Å². The fourth-order valence-electron chi connectivity index (χ4n) is 3.50. The predicted octanol–water partition coefficient (Wildman–Crippen LogP) is 2.51. The van der Waals surface area contributed by atoms with Gasteiger partial charge in [-0.25, -0.2) is 0 Å². The summed E-state index contributed by atoms with van der Waals surface area (Å²) in [4.78, 5) is 0. The maximum atomic E-state index is 9.55. The minimum atomic E-state index is -0.115.